The first kappa shape index (κ1) is 11.0. The standard InChI is InChI=1S/C14H25NO/c1-2-13-5-9-15(14(13)3-1)8-4-12-6-10-16-11-7-12/h12-14H,1-11H2. The van der Waals surface area contributed by atoms with Gasteiger partial charge >= 0.3 is 0 Å². The van der Waals surface area contributed by atoms with Crippen molar-refractivity contribution < 1.29 is 4.74 Å². The van der Waals surface area contributed by atoms with Crippen molar-refractivity contribution in [2.24, 2.45) is 11.8 Å². The Morgan fingerprint density at radius 1 is 1.00 bits per heavy atom. The van der Waals surface area contributed by atoms with Crippen LogP contribution < -0.4 is 0 Å². The van der Waals surface area contributed by atoms with Gasteiger partial charge in [-0.05, 0) is 63.5 Å². The number of fused-ring (bicyclic) bond motifs is 1. The molecule has 0 N–H and O–H groups in total. The molecule has 92 valence electrons. The maximum atomic E-state index is 5.43. The molecule has 2 unspecified atom stereocenters. The molecule has 2 heteroatoms. The summed E-state index contributed by atoms with van der Waals surface area (Å²) in [6.45, 7) is 4.78. The minimum atomic E-state index is 0.953. The molecule has 0 bridgehead atoms. The Balaban J connectivity index is 1.44. The Kier molecular flexibility index (Phi) is 3.49. The van der Waals surface area contributed by atoms with E-state index < -0.39 is 0 Å². The quantitative estimate of drug-likeness (QED) is 0.729. The number of likely N-dealkylation sites (tertiary alicyclic amines) is 1. The van der Waals surface area contributed by atoms with Gasteiger partial charge in [0.2, 0.25) is 0 Å². The minimum Gasteiger partial charge on any atom is -0.381 e. The molecule has 16 heavy (non-hydrogen) atoms. The lowest BCUT2D eigenvalue weighted by atomic mass is 9.96. The van der Waals surface area contributed by atoms with E-state index in [1.165, 1.54) is 58.0 Å². The van der Waals surface area contributed by atoms with Crippen LogP contribution >= 0.6 is 0 Å². The van der Waals surface area contributed by atoms with E-state index in [2.05, 4.69) is 4.90 Å². The summed E-state index contributed by atoms with van der Waals surface area (Å²) in [6, 6.07) is 0.972. The zero-order valence-electron chi connectivity index (χ0n) is 10.4. The zero-order chi connectivity index (χ0) is 10.8. The third-order valence-electron chi connectivity index (χ3n) is 5.04. The van der Waals surface area contributed by atoms with Crippen LogP contribution in [0, 0.1) is 11.8 Å². The fourth-order valence-electron chi connectivity index (χ4n) is 3.99. The Morgan fingerprint density at radius 3 is 2.75 bits per heavy atom. The third-order valence-corrected chi connectivity index (χ3v) is 5.04. The van der Waals surface area contributed by atoms with E-state index in [0.717, 1.165) is 31.1 Å². The smallest absolute Gasteiger partial charge is 0.0468 e. The van der Waals surface area contributed by atoms with Gasteiger partial charge in [0.1, 0.15) is 0 Å². The van der Waals surface area contributed by atoms with Gasteiger partial charge in [-0.15, -0.1) is 0 Å². The summed E-state index contributed by atoms with van der Waals surface area (Å²) in [7, 11) is 0. The van der Waals surface area contributed by atoms with Gasteiger partial charge in [0.25, 0.3) is 0 Å². The van der Waals surface area contributed by atoms with Gasteiger partial charge in [-0.25, -0.2) is 0 Å². The largest absolute Gasteiger partial charge is 0.381 e. The molecule has 0 amide bonds. The van der Waals surface area contributed by atoms with Crippen LogP contribution in [0.3, 0.4) is 0 Å². The molecule has 2 atom stereocenters. The van der Waals surface area contributed by atoms with Crippen LogP contribution in [0.2, 0.25) is 0 Å². The van der Waals surface area contributed by atoms with Gasteiger partial charge in [-0.3, -0.25) is 0 Å². The Morgan fingerprint density at radius 2 is 1.88 bits per heavy atom. The predicted octanol–water partition coefficient (Wildman–Crippen LogP) is 2.68. The number of hydrogen-bond acceptors (Lipinski definition) is 2. The second kappa shape index (κ2) is 5.05. The average molecular weight is 223 g/mol. The molecule has 1 aliphatic carbocycles. The lowest BCUT2D eigenvalue weighted by Gasteiger charge is -2.27. The molecular formula is C14H25NO. The number of rotatable bonds is 3. The van der Waals surface area contributed by atoms with Gasteiger partial charge in [0.05, 0.1) is 0 Å². The molecule has 3 fully saturated rings. The van der Waals surface area contributed by atoms with Crippen molar-refractivity contribution in [2.75, 3.05) is 26.3 Å². The van der Waals surface area contributed by atoms with Crippen molar-refractivity contribution in [2.45, 2.75) is 51.0 Å². The molecule has 2 heterocycles. The minimum absolute atomic E-state index is 0.953. The van der Waals surface area contributed by atoms with Crippen LogP contribution in [-0.2, 0) is 4.74 Å². The maximum Gasteiger partial charge on any atom is 0.0468 e. The van der Waals surface area contributed by atoms with Crippen LogP contribution in [0.4, 0.5) is 0 Å². The van der Waals surface area contributed by atoms with Gasteiger partial charge in [0.15, 0.2) is 0 Å². The Bertz CT molecular complexity index is 225. The molecule has 1 saturated carbocycles. The Labute approximate surface area is 99.3 Å². The molecule has 2 nitrogen and oxygen atoms in total. The highest BCUT2D eigenvalue weighted by Crippen LogP contribution is 2.38. The highest BCUT2D eigenvalue weighted by atomic mass is 16.5. The highest BCUT2D eigenvalue weighted by molar-refractivity contribution is 4.91. The molecule has 0 radical (unpaired) electrons. The maximum absolute atomic E-state index is 5.43. The molecule has 0 aromatic carbocycles. The van der Waals surface area contributed by atoms with Crippen LogP contribution in [-0.4, -0.2) is 37.2 Å². The number of ether oxygens (including phenoxy) is 1. The average Bonchev–Trinajstić information content (AvgIpc) is 2.90. The lowest BCUT2D eigenvalue weighted by Crippen LogP contribution is -2.32. The lowest BCUT2D eigenvalue weighted by molar-refractivity contribution is 0.0593. The van der Waals surface area contributed by atoms with Crippen LogP contribution in [0.25, 0.3) is 0 Å². The summed E-state index contributed by atoms with van der Waals surface area (Å²) in [4.78, 5) is 2.80. The summed E-state index contributed by atoms with van der Waals surface area (Å²) in [5.74, 6) is 2.02. The van der Waals surface area contributed by atoms with Crippen molar-refractivity contribution in [1.82, 2.24) is 4.90 Å². The third kappa shape index (κ3) is 2.28. The van der Waals surface area contributed by atoms with Crippen molar-refractivity contribution >= 4 is 0 Å². The summed E-state index contributed by atoms with van der Waals surface area (Å²) in [6.07, 6.45) is 10.0. The zero-order valence-corrected chi connectivity index (χ0v) is 10.4. The summed E-state index contributed by atoms with van der Waals surface area (Å²) in [5, 5.41) is 0. The van der Waals surface area contributed by atoms with Crippen molar-refractivity contribution in [3.63, 3.8) is 0 Å². The van der Waals surface area contributed by atoms with E-state index in [9.17, 15) is 0 Å². The topological polar surface area (TPSA) is 12.5 Å². The summed E-state index contributed by atoms with van der Waals surface area (Å²) < 4.78 is 5.43. The molecule has 3 aliphatic rings. The van der Waals surface area contributed by atoms with E-state index in [0.29, 0.717) is 0 Å². The summed E-state index contributed by atoms with van der Waals surface area (Å²) >= 11 is 0. The summed E-state index contributed by atoms with van der Waals surface area (Å²) in [5.41, 5.74) is 0. The van der Waals surface area contributed by atoms with E-state index in [1.54, 1.807) is 0 Å². The van der Waals surface area contributed by atoms with Crippen molar-refractivity contribution in [1.29, 1.82) is 0 Å². The molecular weight excluding hydrogens is 198 g/mol. The molecule has 2 saturated heterocycles. The van der Waals surface area contributed by atoms with Crippen LogP contribution in [0.15, 0.2) is 0 Å². The van der Waals surface area contributed by atoms with Crippen LogP contribution in [0.5, 0.6) is 0 Å². The van der Waals surface area contributed by atoms with E-state index in [-0.39, 0.29) is 0 Å². The molecule has 0 spiro atoms. The first-order chi connectivity index (χ1) is 7.93. The highest BCUT2D eigenvalue weighted by Gasteiger charge is 2.37. The van der Waals surface area contributed by atoms with Gasteiger partial charge in [-0.1, -0.05) is 6.42 Å². The fraction of sp³-hybridized carbons (Fsp3) is 1.00. The van der Waals surface area contributed by atoms with E-state index >= 15 is 0 Å². The van der Waals surface area contributed by atoms with E-state index in [4.69, 9.17) is 4.74 Å². The van der Waals surface area contributed by atoms with Gasteiger partial charge < -0.3 is 9.64 Å². The normalized spacial score (nSPS) is 36.8. The number of hydrogen-bond donors (Lipinski definition) is 0. The fourth-order valence-corrected chi connectivity index (χ4v) is 3.99. The second-order valence-corrected chi connectivity index (χ2v) is 5.93. The first-order valence-corrected chi connectivity index (χ1v) is 7.25. The van der Waals surface area contributed by atoms with Crippen LogP contribution in [0.1, 0.15) is 44.9 Å². The molecule has 0 aromatic rings. The molecule has 2 aliphatic heterocycles. The SMILES string of the molecule is C1CC2CCN(CCC3CCOCC3)C2C1. The van der Waals surface area contributed by atoms with E-state index in [1.807, 2.05) is 0 Å². The molecule has 3 rings (SSSR count). The van der Waals surface area contributed by atoms with Gasteiger partial charge in [0, 0.05) is 19.3 Å². The van der Waals surface area contributed by atoms with Gasteiger partial charge in [-0.2, -0.15) is 0 Å². The first-order valence-electron chi connectivity index (χ1n) is 7.25. The number of nitrogens with zero attached hydrogens (tertiary/aromatic N) is 1. The second-order valence-electron chi connectivity index (χ2n) is 5.93. The predicted molar refractivity (Wildman–Crippen MR) is 65.5 cm³/mol. The molecule has 0 aromatic heterocycles. The monoisotopic (exact) mass is 223 g/mol. The Hall–Kier alpha value is -0.0800. The van der Waals surface area contributed by atoms with Crippen molar-refractivity contribution in [3.8, 4) is 0 Å². The van der Waals surface area contributed by atoms with Crippen molar-refractivity contribution in [3.05, 3.63) is 0 Å².